The Morgan fingerprint density at radius 3 is 1.96 bits per heavy atom. The predicted octanol–water partition coefficient (Wildman–Crippen LogP) is 13.6. The van der Waals surface area contributed by atoms with Crippen LogP contribution in [0.2, 0.25) is 0 Å². The lowest BCUT2D eigenvalue weighted by Gasteiger charge is -2.14. The standard InChI is InChI=1S/C46H32N2S.C2H6/c1-30(36-24-13-18-33-17-6-7-21-37(33)36)46-45(47-31(2)32-15-4-3-5-16-32)44-38(25-14-28-43(44)49-46)34-19-12-20-35(29-34)48-41-26-10-8-22-39(41)40-23-9-11-27-42(40)48;1-2/h3-29H,2H2,1H3;1-2H3/b46-30-,47-45?;. The van der Waals surface area contributed by atoms with Crippen molar-refractivity contribution in [1.29, 1.82) is 0 Å². The SMILES string of the molecule is C=C(N=C1/C(=C(\C)c2cccc3ccccc23)Sc2cccc(-c3cccc(-n4c5ccccc5c5ccccc54)c3)c21)c1ccccc1.CC. The molecule has 1 aliphatic heterocycles. The van der Waals surface area contributed by atoms with Crippen molar-refractivity contribution in [2.45, 2.75) is 25.7 Å². The molecular formula is C48H38N2S. The van der Waals surface area contributed by atoms with Gasteiger partial charge < -0.3 is 4.57 Å². The van der Waals surface area contributed by atoms with E-state index in [-0.39, 0.29) is 0 Å². The fourth-order valence-corrected chi connectivity index (χ4v) is 8.43. The minimum atomic E-state index is 0.751. The van der Waals surface area contributed by atoms with Crippen LogP contribution in [0, 0.1) is 0 Å². The first-order valence-corrected chi connectivity index (χ1v) is 18.4. The third-order valence-electron chi connectivity index (χ3n) is 9.57. The number of nitrogens with zero attached hydrogens (tertiary/aromatic N) is 2. The van der Waals surface area contributed by atoms with Crippen LogP contribution in [0.1, 0.15) is 37.5 Å². The molecule has 0 bridgehead atoms. The minimum Gasteiger partial charge on any atom is -0.309 e. The molecule has 8 aromatic rings. The Morgan fingerprint density at radius 1 is 0.608 bits per heavy atom. The van der Waals surface area contributed by atoms with Gasteiger partial charge in [0.05, 0.1) is 22.4 Å². The quantitative estimate of drug-likeness (QED) is 0.178. The van der Waals surface area contributed by atoms with Crippen molar-refractivity contribution in [3.63, 3.8) is 0 Å². The molecule has 0 radical (unpaired) electrons. The van der Waals surface area contributed by atoms with E-state index in [0.29, 0.717) is 0 Å². The van der Waals surface area contributed by atoms with Crippen LogP contribution in [0.25, 0.3) is 60.7 Å². The van der Waals surface area contributed by atoms with Gasteiger partial charge >= 0.3 is 0 Å². The van der Waals surface area contributed by atoms with E-state index in [1.807, 2.05) is 43.8 Å². The molecule has 51 heavy (non-hydrogen) atoms. The van der Waals surface area contributed by atoms with Crippen molar-refractivity contribution in [2.75, 3.05) is 0 Å². The average Bonchev–Trinajstić information content (AvgIpc) is 3.74. The van der Waals surface area contributed by atoms with Gasteiger partial charge in [-0.2, -0.15) is 0 Å². The van der Waals surface area contributed by atoms with Crippen LogP contribution in [0.3, 0.4) is 0 Å². The average molecular weight is 675 g/mol. The van der Waals surface area contributed by atoms with Gasteiger partial charge in [0.15, 0.2) is 0 Å². The molecule has 246 valence electrons. The van der Waals surface area contributed by atoms with Gasteiger partial charge in [-0.25, -0.2) is 4.99 Å². The molecule has 1 aliphatic rings. The van der Waals surface area contributed by atoms with E-state index in [9.17, 15) is 0 Å². The second-order valence-corrected chi connectivity index (χ2v) is 13.5. The molecule has 0 saturated carbocycles. The molecule has 0 fully saturated rings. The predicted molar refractivity (Wildman–Crippen MR) is 222 cm³/mol. The highest BCUT2D eigenvalue weighted by Gasteiger charge is 2.30. The van der Waals surface area contributed by atoms with E-state index >= 15 is 0 Å². The second-order valence-electron chi connectivity index (χ2n) is 12.5. The Hall–Kier alpha value is -5.90. The zero-order valence-corrected chi connectivity index (χ0v) is 29.9. The Bertz CT molecular complexity index is 2600. The number of rotatable bonds is 5. The lowest BCUT2D eigenvalue weighted by Crippen LogP contribution is -2.03. The van der Waals surface area contributed by atoms with Crippen LogP contribution in [0.5, 0.6) is 0 Å². The maximum Gasteiger partial charge on any atom is 0.0869 e. The van der Waals surface area contributed by atoms with Gasteiger partial charge in [-0.3, -0.25) is 0 Å². The zero-order chi connectivity index (χ0) is 34.9. The fraction of sp³-hybridized carbons (Fsp3) is 0.0625. The summed E-state index contributed by atoms with van der Waals surface area (Å²) in [6, 6.07) is 58.4. The molecule has 0 saturated heterocycles. The number of benzene rings is 7. The monoisotopic (exact) mass is 674 g/mol. The van der Waals surface area contributed by atoms with Crippen molar-refractivity contribution in [1.82, 2.24) is 4.57 Å². The number of allylic oxidation sites excluding steroid dienone is 2. The van der Waals surface area contributed by atoms with E-state index < -0.39 is 0 Å². The van der Waals surface area contributed by atoms with Crippen LogP contribution < -0.4 is 0 Å². The number of hydrogen-bond acceptors (Lipinski definition) is 2. The summed E-state index contributed by atoms with van der Waals surface area (Å²) in [5, 5.41) is 4.99. The molecule has 0 amide bonds. The molecule has 1 aromatic heterocycles. The van der Waals surface area contributed by atoms with Gasteiger partial charge in [-0.1, -0.05) is 166 Å². The molecule has 0 spiro atoms. The van der Waals surface area contributed by atoms with Crippen molar-refractivity contribution in [2.24, 2.45) is 4.99 Å². The number of thioether (sulfide) groups is 1. The summed E-state index contributed by atoms with van der Waals surface area (Å²) < 4.78 is 2.38. The number of aromatic nitrogens is 1. The van der Waals surface area contributed by atoms with Crippen LogP contribution in [0.4, 0.5) is 0 Å². The van der Waals surface area contributed by atoms with Crippen molar-refractivity contribution >= 4 is 61.3 Å². The zero-order valence-electron chi connectivity index (χ0n) is 29.1. The topological polar surface area (TPSA) is 17.3 Å². The first-order chi connectivity index (χ1) is 25.2. The Balaban J connectivity index is 0.00000184. The Morgan fingerprint density at radius 2 is 1.22 bits per heavy atom. The van der Waals surface area contributed by atoms with Gasteiger partial charge in [0.2, 0.25) is 0 Å². The Labute approximate surface area is 304 Å². The van der Waals surface area contributed by atoms with Gasteiger partial charge in [-0.15, -0.1) is 0 Å². The molecular weight excluding hydrogens is 637 g/mol. The van der Waals surface area contributed by atoms with E-state index in [1.54, 1.807) is 0 Å². The fourth-order valence-electron chi connectivity index (χ4n) is 7.25. The maximum absolute atomic E-state index is 5.37. The highest BCUT2D eigenvalue weighted by Crippen LogP contribution is 2.49. The third kappa shape index (κ3) is 5.70. The summed E-state index contributed by atoms with van der Waals surface area (Å²) in [5.74, 6) is 0. The number of fused-ring (bicyclic) bond motifs is 5. The van der Waals surface area contributed by atoms with Crippen LogP contribution >= 0.6 is 11.8 Å². The summed E-state index contributed by atoms with van der Waals surface area (Å²) >= 11 is 1.81. The Kier molecular flexibility index (Phi) is 8.73. The van der Waals surface area contributed by atoms with Crippen LogP contribution in [0.15, 0.2) is 185 Å². The normalized spacial score (nSPS) is 14.1. The molecule has 7 aromatic carbocycles. The largest absolute Gasteiger partial charge is 0.309 e. The third-order valence-corrected chi connectivity index (χ3v) is 10.8. The summed E-state index contributed by atoms with van der Waals surface area (Å²) in [4.78, 5) is 7.74. The van der Waals surface area contributed by atoms with Crippen molar-refractivity contribution in [3.05, 3.63) is 192 Å². The maximum atomic E-state index is 5.37. The molecule has 2 nitrogen and oxygen atoms in total. The molecule has 9 rings (SSSR count). The lowest BCUT2D eigenvalue weighted by atomic mass is 9.93. The molecule has 0 N–H and O–H groups in total. The first kappa shape index (κ1) is 32.3. The van der Waals surface area contributed by atoms with Crippen molar-refractivity contribution in [3.8, 4) is 16.8 Å². The highest BCUT2D eigenvalue weighted by molar-refractivity contribution is 8.05. The van der Waals surface area contributed by atoms with E-state index in [2.05, 4.69) is 164 Å². The first-order valence-electron chi connectivity index (χ1n) is 17.6. The van der Waals surface area contributed by atoms with Crippen LogP contribution in [-0.4, -0.2) is 10.3 Å². The van der Waals surface area contributed by atoms with E-state index in [4.69, 9.17) is 4.99 Å². The summed E-state index contributed by atoms with van der Waals surface area (Å²) in [5.41, 5.74) is 12.2. The second kappa shape index (κ2) is 13.8. The van der Waals surface area contributed by atoms with Crippen molar-refractivity contribution < 1.29 is 0 Å². The number of hydrogen-bond donors (Lipinski definition) is 0. The molecule has 0 aliphatic carbocycles. The van der Waals surface area contributed by atoms with Gasteiger partial charge in [0.25, 0.3) is 0 Å². The van der Waals surface area contributed by atoms with E-state index in [1.165, 1.54) is 48.6 Å². The van der Waals surface area contributed by atoms with Gasteiger partial charge in [0, 0.05) is 31.8 Å². The summed E-state index contributed by atoms with van der Waals surface area (Å²) in [6.07, 6.45) is 0. The van der Waals surface area contributed by atoms with Gasteiger partial charge in [-0.05, 0) is 75.9 Å². The molecule has 0 atom stereocenters. The van der Waals surface area contributed by atoms with Crippen LogP contribution in [-0.2, 0) is 0 Å². The highest BCUT2D eigenvalue weighted by atomic mass is 32.2. The molecule has 0 unspecified atom stereocenters. The number of para-hydroxylation sites is 2. The lowest BCUT2D eigenvalue weighted by molar-refractivity contribution is 1.18. The molecule has 3 heteroatoms. The van der Waals surface area contributed by atoms with E-state index in [0.717, 1.165) is 44.3 Å². The summed E-state index contributed by atoms with van der Waals surface area (Å²) in [7, 11) is 0. The smallest absolute Gasteiger partial charge is 0.0869 e. The number of aliphatic imine (C=N–C) groups is 1. The molecule has 2 heterocycles. The summed E-state index contributed by atoms with van der Waals surface area (Å²) in [6.45, 7) is 10.7. The minimum absolute atomic E-state index is 0.751. The van der Waals surface area contributed by atoms with Gasteiger partial charge in [0.1, 0.15) is 0 Å².